The fraction of sp³-hybridized carbons (Fsp3) is 0.533. The van der Waals surface area contributed by atoms with Gasteiger partial charge in [-0.1, -0.05) is 32.5 Å². The maximum absolute atomic E-state index is 10.8. The summed E-state index contributed by atoms with van der Waals surface area (Å²) in [5, 5.41) is 9.63. The van der Waals surface area contributed by atoms with Crippen LogP contribution in [-0.2, 0) is 4.79 Å². The Morgan fingerprint density at radius 3 is 2.62 bits per heavy atom. The number of imidazole rings is 1. The number of hydrogen-bond acceptors (Lipinski definition) is 4. The number of aliphatic carboxylic acids is 1. The zero-order chi connectivity index (χ0) is 15.8. The van der Waals surface area contributed by atoms with E-state index < -0.39 is 5.97 Å². The predicted octanol–water partition coefficient (Wildman–Crippen LogP) is 3.52. The molecule has 2 aromatic heterocycles. The van der Waals surface area contributed by atoms with E-state index in [9.17, 15) is 4.79 Å². The molecule has 1 atom stereocenters. The van der Waals surface area contributed by atoms with Crippen molar-refractivity contribution < 1.29 is 9.90 Å². The molecule has 0 fully saturated rings. The maximum atomic E-state index is 10.8. The van der Waals surface area contributed by atoms with Gasteiger partial charge in [0, 0.05) is 11.7 Å². The Kier molecular flexibility index (Phi) is 4.27. The van der Waals surface area contributed by atoms with Crippen molar-refractivity contribution in [1.82, 2.24) is 14.5 Å². The molecule has 0 radical (unpaired) electrons. The van der Waals surface area contributed by atoms with Crippen LogP contribution < -0.4 is 0 Å². The summed E-state index contributed by atoms with van der Waals surface area (Å²) in [6.07, 6.45) is 0. The molecule has 2 heterocycles. The van der Waals surface area contributed by atoms with E-state index in [0.29, 0.717) is 5.16 Å². The minimum Gasteiger partial charge on any atom is -0.481 e. The number of thioether (sulfide) groups is 1. The molecule has 0 aliphatic carbocycles. The van der Waals surface area contributed by atoms with Crippen LogP contribution in [0, 0.1) is 12.3 Å². The molecule has 1 N–H and O–H groups in total. The lowest BCUT2D eigenvalue weighted by molar-refractivity contribution is -0.133. The Hall–Kier alpha value is -1.56. The number of nitrogens with zero attached hydrogens (tertiary/aromatic N) is 3. The Labute approximate surface area is 128 Å². The number of carboxylic acid groups (broad SMARTS) is 1. The van der Waals surface area contributed by atoms with Gasteiger partial charge < -0.3 is 9.67 Å². The van der Waals surface area contributed by atoms with Crippen molar-refractivity contribution in [3.8, 4) is 0 Å². The Bertz CT molecular complexity index is 673. The highest BCUT2D eigenvalue weighted by atomic mass is 32.2. The molecule has 0 saturated heterocycles. The number of carboxylic acids is 1. The third kappa shape index (κ3) is 3.37. The standard InChI is InChI=1S/C15H21N3O2S/c1-9-6-7-11-13(16-9)18(10(2)15(3,4)5)14(17-11)21-8-12(19)20/h6-7,10H,8H2,1-5H3,(H,19,20). The number of hydrogen-bond donors (Lipinski definition) is 1. The van der Waals surface area contributed by atoms with Gasteiger partial charge in [-0.3, -0.25) is 4.79 Å². The largest absolute Gasteiger partial charge is 0.481 e. The molecule has 1 unspecified atom stereocenters. The van der Waals surface area contributed by atoms with Crippen LogP contribution in [0.1, 0.15) is 39.4 Å². The average molecular weight is 307 g/mol. The molecular weight excluding hydrogens is 286 g/mol. The van der Waals surface area contributed by atoms with E-state index in [-0.39, 0.29) is 17.2 Å². The number of aromatic nitrogens is 3. The van der Waals surface area contributed by atoms with Crippen molar-refractivity contribution in [2.24, 2.45) is 5.41 Å². The van der Waals surface area contributed by atoms with Crippen LogP contribution in [0.3, 0.4) is 0 Å². The van der Waals surface area contributed by atoms with Gasteiger partial charge >= 0.3 is 5.97 Å². The van der Waals surface area contributed by atoms with Crippen molar-refractivity contribution in [1.29, 1.82) is 0 Å². The van der Waals surface area contributed by atoms with Gasteiger partial charge in [-0.2, -0.15) is 0 Å². The molecule has 6 heteroatoms. The Morgan fingerprint density at radius 1 is 1.38 bits per heavy atom. The minimum absolute atomic E-state index is 0.000826. The van der Waals surface area contributed by atoms with Gasteiger partial charge in [-0.15, -0.1) is 0 Å². The van der Waals surface area contributed by atoms with Crippen LogP contribution in [-0.4, -0.2) is 31.4 Å². The lowest BCUT2D eigenvalue weighted by Gasteiger charge is -2.29. The second-order valence-corrected chi connectivity index (χ2v) is 7.23. The molecule has 21 heavy (non-hydrogen) atoms. The van der Waals surface area contributed by atoms with E-state index in [4.69, 9.17) is 5.11 Å². The average Bonchev–Trinajstić information content (AvgIpc) is 2.71. The monoisotopic (exact) mass is 307 g/mol. The summed E-state index contributed by atoms with van der Waals surface area (Å²) in [6.45, 7) is 10.5. The number of carbonyl (C=O) groups is 1. The number of aryl methyl sites for hydroxylation is 1. The van der Waals surface area contributed by atoms with Gasteiger partial charge in [-0.05, 0) is 31.4 Å². The fourth-order valence-corrected chi connectivity index (χ4v) is 2.81. The molecule has 0 spiro atoms. The van der Waals surface area contributed by atoms with Gasteiger partial charge in [0.15, 0.2) is 10.8 Å². The minimum atomic E-state index is -0.842. The molecule has 0 bridgehead atoms. The molecule has 0 aliphatic rings. The van der Waals surface area contributed by atoms with Crippen molar-refractivity contribution in [3.63, 3.8) is 0 Å². The topological polar surface area (TPSA) is 68.0 Å². The molecule has 2 aromatic rings. The van der Waals surface area contributed by atoms with Gasteiger partial charge in [0.2, 0.25) is 0 Å². The maximum Gasteiger partial charge on any atom is 0.313 e. The zero-order valence-electron chi connectivity index (χ0n) is 13.0. The molecule has 2 rings (SSSR count). The molecule has 0 aliphatic heterocycles. The van der Waals surface area contributed by atoms with Crippen LogP contribution in [0.5, 0.6) is 0 Å². The van der Waals surface area contributed by atoms with E-state index in [0.717, 1.165) is 16.9 Å². The highest BCUT2D eigenvalue weighted by Gasteiger charge is 2.27. The summed E-state index contributed by atoms with van der Waals surface area (Å²) in [7, 11) is 0. The van der Waals surface area contributed by atoms with Crippen molar-refractivity contribution >= 4 is 28.9 Å². The normalized spacial score (nSPS) is 13.6. The van der Waals surface area contributed by atoms with Gasteiger partial charge in [0.05, 0.1) is 5.75 Å². The van der Waals surface area contributed by atoms with Gasteiger partial charge in [-0.25, -0.2) is 9.97 Å². The second kappa shape index (κ2) is 5.67. The van der Waals surface area contributed by atoms with Crippen LogP contribution in [0.25, 0.3) is 11.2 Å². The highest BCUT2D eigenvalue weighted by molar-refractivity contribution is 7.99. The quantitative estimate of drug-likeness (QED) is 0.875. The SMILES string of the molecule is Cc1ccc2nc(SCC(=O)O)n(C(C)C(C)(C)C)c2n1. The van der Waals surface area contributed by atoms with E-state index in [2.05, 4.69) is 42.2 Å². The molecule has 0 aromatic carbocycles. The van der Waals surface area contributed by atoms with Crippen LogP contribution in [0.2, 0.25) is 0 Å². The Morgan fingerprint density at radius 2 is 2.05 bits per heavy atom. The van der Waals surface area contributed by atoms with Crippen molar-refractivity contribution in [2.45, 2.75) is 45.8 Å². The van der Waals surface area contributed by atoms with Gasteiger partial charge in [0.25, 0.3) is 0 Å². The van der Waals surface area contributed by atoms with E-state index in [1.165, 1.54) is 11.8 Å². The number of fused-ring (bicyclic) bond motifs is 1. The third-order valence-electron chi connectivity index (χ3n) is 3.61. The summed E-state index contributed by atoms with van der Waals surface area (Å²) >= 11 is 1.24. The lowest BCUT2D eigenvalue weighted by Crippen LogP contribution is -2.22. The first-order valence-corrected chi connectivity index (χ1v) is 7.89. The molecule has 0 amide bonds. The Balaban J connectivity index is 2.58. The van der Waals surface area contributed by atoms with Crippen LogP contribution in [0.4, 0.5) is 0 Å². The lowest BCUT2D eigenvalue weighted by atomic mass is 9.88. The first kappa shape index (κ1) is 15.8. The summed E-state index contributed by atoms with van der Waals surface area (Å²) in [4.78, 5) is 20.0. The first-order valence-electron chi connectivity index (χ1n) is 6.90. The number of pyridine rings is 1. The predicted molar refractivity (Wildman–Crippen MR) is 84.8 cm³/mol. The number of rotatable bonds is 4. The van der Waals surface area contributed by atoms with Crippen LogP contribution in [0.15, 0.2) is 17.3 Å². The van der Waals surface area contributed by atoms with E-state index in [1.54, 1.807) is 0 Å². The second-order valence-electron chi connectivity index (χ2n) is 6.28. The smallest absolute Gasteiger partial charge is 0.313 e. The molecule has 0 saturated carbocycles. The first-order chi connectivity index (χ1) is 9.70. The summed E-state index contributed by atoms with van der Waals surface area (Å²) in [5.41, 5.74) is 2.59. The molecule has 5 nitrogen and oxygen atoms in total. The van der Waals surface area contributed by atoms with Crippen molar-refractivity contribution in [2.75, 3.05) is 5.75 Å². The van der Waals surface area contributed by atoms with Gasteiger partial charge in [0.1, 0.15) is 5.52 Å². The fourth-order valence-electron chi connectivity index (χ4n) is 2.01. The zero-order valence-corrected chi connectivity index (χ0v) is 13.9. The molecule has 114 valence electrons. The highest BCUT2D eigenvalue weighted by Crippen LogP contribution is 2.36. The van der Waals surface area contributed by atoms with E-state index >= 15 is 0 Å². The third-order valence-corrected chi connectivity index (χ3v) is 4.55. The van der Waals surface area contributed by atoms with E-state index in [1.807, 2.05) is 19.1 Å². The summed E-state index contributed by atoms with van der Waals surface area (Å²) in [5.74, 6) is -0.842. The summed E-state index contributed by atoms with van der Waals surface area (Å²) in [6, 6.07) is 4.02. The van der Waals surface area contributed by atoms with Crippen LogP contribution >= 0.6 is 11.8 Å². The molecular formula is C15H21N3O2S. The van der Waals surface area contributed by atoms with Crippen molar-refractivity contribution in [3.05, 3.63) is 17.8 Å². The summed E-state index contributed by atoms with van der Waals surface area (Å²) < 4.78 is 2.07.